The highest BCUT2D eigenvalue weighted by Crippen LogP contribution is 2.29. The number of ether oxygens (including phenoxy) is 1. The van der Waals surface area contributed by atoms with E-state index in [0.717, 1.165) is 12.1 Å². The minimum absolute atomic E-state index is 0.0565. The number of benzene rings is 1. The summed E-state index contributed by atoms with van der Waals surface area (Å²) in [7, 11) is 1.31. The van der Waals surface area contributed by atoms with E-state index >= 15 is 0 Å². The fourth-order valence-corrected chi connectivity index (χ4v) is 3.42. The van der Waals surface area contributed by atoms with Gasteiger partial charge in [0.05, 0.1) is 18.4 Å². The van der Waals surface area contributed by atoms with E-state index in [1.165, 1.54) is 35.9 Å². The molecule has 0 saturated carbocycles. The van der Waals surface area contributed by atoms with Crippen LogP contribution in [0.4, 0.5) is 13.2 Å². The molecule has 1 aliphatic heterocycles. The number of amides is 2. The van der Waals surface area contributed by atoms with Crippen LogP contribution >= 0.6 is 11.8 Å². The molecule has 154 valence electrons. The minimum atomic E-state index is -4.44. The number of rotatable bonds is 6. The predicted octanol–water partition coefficient (Wildman–Crippen LogP) is 2.29. The predicted molar refractivity (Wildman–Crippen MR) is 97.9 cm³/mol. The molecule has 2 rings (SSSR count). The third-order valence-corrected chi connectivity index (χ3v) is 5.22. The average molecular weight is 418 g/mol. The lowest BCUT2D eigenvalue weighted by molar-refractivity contribution is -0.138. The van der Waals surface area contributed by atoms with Crippen LogP contribution in [0.5, 0.6) is 0 Å². The van der Waals surface area contributed by atoms with Gasteiger partial charge >= 0.3 is 12.1 Å². The number of alkyl halides is 3. The molecule has 0 radical (unpaired) electrons. The maximum absolute atomic E-state index is 12.6. The van der Waals surface area contributed by atoms with Gasteiger partial charge in [-0.05, 0) is 24.3 Å². The summed E-state index contributed by atoms with van der Waals surface area (Å²) >= 11 is 1.32. The molecule has 1 aromatic carbocycles. The first-order chi connectivity index (χ1) is 13.2. The Morgan fingerprint density at radius 1 is 1.04 bits per heavy atom. The van der Waals surface area contributed by atoms with Crippen molar-refractivity contribution in [3.05, 3.63) is 35.4 Å². The molecule has 1 aromatic rings. The second-order valence-corrected chi connectivity index (χ2v) is 7.23. The molecule has 1 heterocycles. The Balaban J connectivity index is 1.78. The number of nitrogens with zero attached hydrogens (tertiary/aromatic N) is 2. The Morgan fingerprint density at radius 3 is 2.14 bits per heavy atom. The summed E-state index contributed by atoms with van der Waals surface area (Å²) in [6.45, 7) is 1.38. The molecule has 6 nitrogen and oxygen atoms in total. The molecule has 0 spiro atoms. The monoisotopic (exact) mass is 418 g/mol. The standard InChI is InChI=1S/C18H21F3N2O4S/c1-27-16(25)12-28-11-6-15(24)22-7-9-23(10-8-22)17(26)13-2-4-14(5-3-13)18(19,20)21/h2-5H,6-12H2,1H3. The van der Waals surface area contributed by atoms with Crippen LogP contribution < -0.4 is 0 Å². The van der Waals surface area contributed by atoms with E-state index in [-0.39, 0.29) is 35.5 Å². The molecule has 0 aliphatic carbocycles. The molecular formula is C18H21F3N2O4S. The SMILES string of the molecule is COC(=O)CSCCC(=O)N1CCN(C(=O)c2ccc(C(F)(F)F)cc2)CC1. The lowest BCUT2D eigenvalue weighted by Gasteiger charge is -2.35. The number of methoxy groups -OCH3 is 1. The summed E-state index contributed by atoms with van der Waals surface area (Å²) in [4.78, 5) is 38.8. The number of carbonyl (C=O) groups excluding carboxylic acids is 3. The van der Waals surface area contributed by atoms with Crippen LogP contribution in [0, 0.1) is 0 Å². The van der Waals surface area contributed by atoms with E-state index in [2.05, 4.69) is 4.74 Å². The van der Waals surface area contributed by atoms with Gasteiger partial charge in [0.25, 0.3) is 5.91 Å². The molecule has 0 bridgehead atoms. The zero-order valence-electron chi connectivity index (χ0n) is 15.3. The number of hydrogen-bond acceptors (Lipinski definition) is 5. The highest BCUT2D eigenvalue weighted by Gasteiger charge is 2.31. The van der Waals surface area contributed by atoms with Gasteiger partial charge in [0.15, 0.2) is 0 Å². The number of hydrogen-bond donors (Lipinski definition) is 0. The van der Waals surface area contributed by atoms with Crippen LogP contribution in [0.1, 0.15) is 22.3 Å². The fraction of sp³-hybridized carbons (Fsp3) is 0.500. The zero-order chi connectivity index (χ0) is 20.7. The van der Waals surface area contributed by atoms with Crippen molar-refractivity contribution >= 4 is 29.5 Å². The molecule has 0 unspecified atom stereocenters. The van der Waals surface area contributed by atoms with Crippen LogP contribution in [0.3, 0.4) is 0 Å². The lowest BCUT2D eigenvalue weighted by Crippen LogP contribution is -2.50. The summed E-state index contributed by atoms with van der Waals surface area (Å²) in [5.74, 6) is -0.0565. The number of carbonyl (C=O) groups is 3. The van der Waals surface area contributed by atoms with Crippen molar-refractivity contribution in [2.45, 2.75) is 12.6 Å². The Morgan fingerprint density at radius 2 is 1.61 bits per heavy atom. The first kappa shape index (κ1) is 22.1. The number of halogens is 3. The van der Waals surface area contributed by atoms with Crippen molar-refractivity contribution in [2.75, 3.05) is 44.8 Å². The van der Waals surface area contributed by atoms with Crippen molar-refractivity contribution < 1.29 is 32.3 Å². The smallest absolute Gasteiger partial charge is 0.416 e. The molecule has 1 aliphatic rings. The van der Waals surface area contributed by atoms with Gasteiger partial charge in [0, 0.05) is 43.9 Å². The van der Waals surface area contributed by atoms with E-state index in [1.807, 2.05) is 0 Å². The van der Waals surface area contributed by atoms with Gasteiger partial charge in [-0.2, -0.15) is 13.2 Å². The van der Waals surface area contributed by atoms with Crippen LogP contribution in [-0.4, -0.2) is 72.4 Å². The Hall–Kier alpha value is -2.23. The first-order valence-corrected chi connectivity index (χ1v) is 9.76. The summed E-state index contributed by atoms with van der Waals surface area (Å²) in [5.41, 5.74) is -0.614. The van der Waals surface area contributed by atoms with Crippen molar-refractivity contribution in [2.24, 2.45) is 0 Å². The molecular weight excluding hydrogens is 397 g/mol. The van der Waals surface area contributed by atoms with Crippen LogP contribution in [0.15, 0.2) is 24.3 Å². The summed E-state index contributed by atoms with van der Waals surface area (Å²) in [6, 6.07) is 4.11. The second kappa shape index (κ2) is 9.81. The average Bonchev–Trinajstić information content (AvgIpc) is 2.69. The van der Waals surface area contributed by atoms with Gasteiger partial charge in [-0.3, -0.25) is 14.4 Å². The van der Waals surface area contributed by atoms with Gasteiger partial charge < -0.3 is 14.5 Å². The Labute approximate surface area is 165 Å². The minimum Gasteiger partial charge on any atom is -0.468 e. The third kappa shape index (κ3) is 6.15. The normalized spacial score (nSPS) is 14.7. The molecule has 1 saturated heterocycles. The van der Waals surface area contributed by atoms with Gasteiger partial charge in [-0.15, -0.1) is 11.8 Å². The number of thioether (sulfide) groups is 1. The van der Waals surface area contributed by atoms with Gasteiger partial charge in [0.2, 0.25) is 5.91 Å². The zero-order valence-corrected chi connectivity index (χ0v) is 16.1. The van der Waals surface area contributed by atoms with Crippen molar-refractivity contribution in [3.63, 3.8) is 0 Å². The third-order valence-electron chi connectivity index (χ3n) is 4.29. The van der Waals surface area contributed by atoms with Gasteiger partial charge in [-0.25, -0.2) is 0 Å². The highest BCUT2D eigenvalue weighted by atomic mass is 32.2. The molecule has 1 fully saturated rings. The molecule has 0 N–H and O–H groups in total. The van der Waals surface area contributed by atoms with E-state index < -0.39 is 11.7 Å². The highest BCUT2D eigenvalue weighted by molar-refractivity contribution is 7.99. The van der Waals surface area contributed by atoms with Crippen molar-refractivity contribution in [1.82, 2.24) is 9.80 Å². The summed E-state index contributed by atoms with van der Waals surface area (Å²) < 4.78 is 42.3. The lowest BCUT2D eigenvalue weighted by atomic mass is 10.1. The number of esters is 1. The van der Waals surface area contributed by atoms with Gasteiger partial charge in [-0.1, -0.05) is 0 Å². The van der Waals surface area contributed by atoms with E-state index in [9.17, 15) is 27.6 Å². The summed E-state index contributed by atoms with van der Waals surface area (Å²) in [6.07, 6.45) is -4.16. The van der Waals surface area contributed by atoms with Crippen LogP contribution in [0.2, 0.25) is 0 Å². The first-order valence-electron chi connectivity index (χ1n) is 8.61. The number of piperazine rings is 1. The summed E-state index contributed by atoms with van der Waals surface area (Å²) in [5, 5.41) is 0. The van der Waals surface area contributed by atoms with E-state index in [1.54, 1.807) is 4.90 Å². The Bertz CT molecular complexity index is 702. The molecule has 28 heavy (non-hydrogen) atoms. The van der Waals surface area contributed by atoms with Crippen LogP contribution in [-0.2, 0) is 20.5 Å². The molecule has 0 atom stereocenters. The quantitative estimate of drug-likeness (QED) is 0.524. The fourth-order valence-electron chi connectivity index (χ4n) is 2.68. The van der Waals surface area contributed by atoms with Crippen LogP contribution in [0.25, 0.3) is 0 Å². The van der Waals surface area contributed by atoms with Crippen molar-refractivity contribution in [1.29, 1.82) is 0 Å². The Kier molecular flexibility index (Phi) is 7.73. The topological polar surface area (TPSA) is 66.9 Å². The maximum atomic E-state index is 12.6. The molecule has 2 amide bonds. The maximum Gasteiger partial charge on any atom is 0.416 e. The van der Waals surface area contributed by atoms with E-state index in [0.29, 0.717) is 31.9 Å². The van der Waals surface area contributed by atoms with Crippen molar-refractivity contribution in [3.8, 4) is 0 Å². The molecule has 0 aromatic heterocycles. The van der Waals surface area contributed by atoms with E-state index in [4.69, 9.17) is 0 Å². The van der Waals surface area contributed by atoms with Gasteiger partial charge in [0.1, 0.15) is 0 Å². The largest absolute Gasteiger partial charge is 0.468 e. The molecule has 10 heteroatoms. The second-order valence-electron chi connectivity index (χ2n) is 6.13.